The number of hydrogen-bond donors (Lipinski definition) is 2. The fraction of sp³-hybridized carbons (Fsp3) is 1.00. The Morgan fingerprint density at radius 3 is 0.844 bits per heavy atom. The van der Waals surface area contributed by atoms with Gasteiger partial charge in [0.05, 0.1) is 6.61 Å². The molecule has 0 aromatic heterocycles. The Hall–Kier alpha value is -0.0800. The number of aliphatic hydroxyl groups is 1. The van der Waals surface area contributed by atoms with E-state index in [-0.39, 0.29) is 12.1 Å². The summed E-state index contributed by atoms with van der Waals surface area (Å²) in [5.74, 6) is 0. The standard InChI is InChI=1S/C30H63NO/c1-3-5-7-9-11-13-15-17-19-21-23-25-27-30(31,29-32)28-26-24-22-20-18-16-14-12-10-8-6-4-2/h32H,3-29,31H2,1-2H3. The third-order valence-electron chi connectivity index (χ3n) is 7.37. The van der Waals surface area contributed by atoms with Crippen molar-refractivity contribution >= 4 is 0 Å². The lowest BCUT2D eigenvalue weighted by Gasteiger charge is -2.27. The lowest BCUT2D eigenvalue weighted by molar-refractivity contribution is 0.171. The minimum absolute atomic E-state index is 0.156. The molecule has 0 aliphatic heterocycles. The Bertz CT molecular complexity index is 316. The molecular formula is C30H63NO. The summed E-state index contributed by atoms with van der Waals surface area (Å²) in [6, 6.07) is 0. The molecule has 0 aromatic carbocycles. The first-order valence-corrected chi connectivity index (χ1v) is 15.1. The van der Waals surface area contributed by atoms with Crippen LogP contribution in [0.4, 0.5) is 0 Å². The molecule has 0 heterocycles. The highest BCUT2D eigenvalue weighted by Gasteiger charge is 2.22. The van der Waals surface area contributed by atoms with Crippen LogP contribution in [-0.4, -0.2) is 17.3 Å². The average molecular weight is 454 g/mol. The van der Waals surface area contributed by atoms with Gasteiger partial charge in [0.15, 0.2) is 0 Å². The summed E-state index contributed by atoms with van der Waals surface area (Å²) in [4.78, 5) is 0. The Morgan fingerprint density at radius 1 is 0.406 bits per heavy atom. The summed E-state index contributed by atoms with van der Waals surface area (Å²) in [7, 11) is 0. The molecular weight excluding hydrogens is 390 g/mol. The van der Waals surface area contributed by atoms with Crippen LogP contribution in [0.5, 0.6) is 0 Å². The van der Waals surface area contributed by atoms with Crippen LogP contribution in [-0.2, 0) is 0 Å². The van der Waals surface area contributed by atoms with Gasteiger partial charge in [0, 0.05) is 5.54 Å². The van der Waals surface area contributed by atoms with Gasteiger partial charge in [0.2, 0.25) is 0 Å². The first-order chi connectivity index (χ1) is 15.7. The Morgan fingerprint density at radius 2 is 0.625 bits per heavy atom. The molecule has 0 aromatic rings. The Kier molecular flexibility index (Phi) is 25.5. The van der Waals surface area contributed by atoms with Crippen molar-refractivity contribution in [3.8, 4) is 0 Å². The summed E-state index contributed by atoms with van der Waals surface area (Å²) in [6.45, 7) is 4.73. The second-order valence-corrected chi connectivity index (χ2v) is 10.8. The minimum Gasteiger partial charge on any atom is -0.394 e. The van der Waals surface area contributed by atoms with E-state index in [0.717, 1.165) is 12.8 Å². The predicted octanol–water partition coefficient (Wildman–Crippen LogP) is 9.86. The molecule has 32 heavy (non-hydrogen) atoms. The molecule has 0 fully saturated rings. The Balaban J connectivity index is 3.43. The van der Waals surface area contributed by atoms with Gasteiger partial charge in [-0.05, 0) is 12.8 Å². The maximum absolute atomic E-state index is 9.81. The topological polar surface area (TPSA) is 46.2 Å². The molecule has 0 amide bonds. The summed E-state index contributed by atoms with van der Waals surface area (Å²) < 4.78 is 0. The molecule has 0 radical (unpaired) electrons. The highest BCUT2D eigenvalue weighted by atomic mass is 16.3. The van der Waals surface area contributed by atoms with E-state index in [9.17, 15) is 5.11 Å². The van der Waals surface area contributed by atoms with Crippen molar-refractivity contribution in [1.82, 2.24) is 0 Å². The zero-order valence-electron chi connectivity index (χ0n) is 22.6. The van der Waals surface area contributed by atoms with Crippen LogP contribution in [0.3, 0.4) is 0 Å². The van der Waals surface area contributed by atoms with Crippen molar-refractivity contribution in [3.05, 3.63) is 0 Å². The maximum atomic E-state index is 9.81. The number of unbranched alkanes of at least 4 members (excludes halogenated alkanes) is 22. The SMILES string of the molecule is CCCCCCCCCCCCCCC(N)(CO)CCCCCCCCCCCCCC. The Labute approximate surface area is 203 Å². The van der Waals surface area contributed by atoms with E-state index >= 15 is 0 Å². The van der Waals surface area contributed by atoms with Gasteiger partial charge in [0.1, 0.15) is 0 Å². The molecule has 0 atom stereocenters. The van der Waals surface area contributed by atoms with E-state index in [0.29, 0.717) is 0 Å². The largest absolute Gasteiger partial charge is 0.394 e. The lowest BCUT2D eigenvalue weighted by Crippen LogP contribution is -2.43. The van der Waals surface area contributed by atoms with Crippen LogP contribution in [0.15, 0.2) is 0 Å². The monoisotopic (exact) mass is 453 g/mol. The van der Waals surface area contributed by atoms with Crippen LogP contribution < -0.4 is 5.73 Å². The molecule has 0 rings (SSSR count). The first-order valence-electron chi connectivity index (χ1n) is 15.1. The molecule has 0 spiro atoms. The summed E-state index contributed by atoms with van der Waals surface area (Å²) in [5, 5.41) is 9.81. The number of aliphatic hydroxyl groups excluding tert-OH is 1. The highest BCUT2D eigenvalue weighted by Crippen LogP contribution is 2.21. The van der Waals surface area contributed by atoms with Crippen molar-refractivity contribution < 1.29 is 5.11 Å². The van der Waals surface area contributed by atoms with E-state index in [1.165, 1.54) is 154 Å². The van der Waals surface area contributed by atoms with Crippen molar-refractivity contribution in [2.75, 3.05) is 6.61 Å². The third-order valence-corrected chi connectivity index (χ3v) is 7.37. The second-order valence-electron chi connectivity index (χ2n) is 10.8. The van der Waals surface area contributed by atoms with Crippen molar-refractivity contribution in [3.63, 3.8) is 0 Å². The summed E-state index contributed by atoms with van der Waals surface area (Å²) in [6.07, 6.45) is 35.0. The smallest absolute Gasteiger partial charge is 0.0611 e. The molecule has 0 unspecified atom stereocenters. The van der Waals surface area contributed by atoms with Gasteiger partial charge < -0.3 is 10.8 Å². The zero-order valence-corrected chi connectivity index (χ0v) is 22.6. The maximum Gasteiger partial charge on any atom is 0.0611 e. The molecule has 2 nitrogen and oxygen atoms in total. The van der Waals surface area contributed by atoms with E-state index < -0.39 is 0 Å². The third kappa shape index (κ3) is 23.1. The van der Waals surface area contributed by atoms with Crippen LogP contribution >= 0.6 is 0 Å². The molecule has 3 N–H and O–H groups in total. The van der Waals surface area contributed by atoms with E-state index in [4.69, 9.17) is 5.73 Å². The van der Waals surface area contributed by atoms with Gasteiger partial charge >= 0.3 is 0 Å². The van der Waals surface area contributed by atoms with Gasteiger partial charge in [-0.2, -0.15) is 0 Å². The van der Waals surface area contributed by atoms with Crippen LogP contribution in [0, 0.1) is 0 Å². The predicted molar refractivity (Wildman–Crippen MR) is 145 cm³/mol. The van der Waals surface area contributed by atoms with E-state index in [1.54, 1.807) is 0 Å². The molecule has 0 aliphatic rings. The van der Waals surface area contributed by atoms with Crippen LogP contribution in [0.2, 0.25) is 0 Å². The quantitative estimate of drug-likeness (QED) is 0.121. The highest BCUT2D eigenvalue weighted by molar-refractivity contribution is 4.83. The van der Waals surface area contributed by atoms with Crippen molar-refractivity contribution in [2.45, 2.75) is 186 Å². The number of rotatable bonds is 27. The summed E-state index contributed by atoms with van der Waals surface area (Å²) >= 11 is 0. The zero-order chi connectivity index (χ0) is 23.6. The normalized spacial score (nSPS) is 12.0. The summed E-state index contributed by atoms with van der Waals surface area (Å²) in [5.41, 5.74) is 6.19. The molecule has 194 valence electrons. The molecule has 2 heteroatoms. The molecule has 0 aliphatic carbocycles. The van der Waals surface area contributed by atoms with Gasteiger partial charge in [-0.15, -0.1) is 0 Å². The lowest BCUT2D eigenvalue weighted by atomic mass is 9.88. The number of hydrogen-bond acceptors (Lipinski definition) is 2. The van der Waals surface area contributed by atoms with Gasteiger partial charge in [-0.1, -0.05) is 168 Å². The molecule has 0 saturated carbocycles. The van der Waals surface area contributed by atoms with Crippen molar-refractivity contribution in [1.29, 1.82) is 0 Å². The van der Waals surface area contributed by atoms with Crippen molar-refractivity contribution in [2.24, 2.45) is 5.73 Å². The van der Waals surface area contributed by atoms with E-state index in [1.807, 2.05) is 0 Å². The van der Waals surface area contributed by atoms with Gasteiger partial charge in [-0.25, -0.2) is 0 Å². The molecule has 0 bridgehead atoms. The fourth-order valence-electron chi connectivity index (χ4n) is 4.92. The average Bonchev–Trinajstić information content (AvgIpc) is 2.80. The van der Waals surface area contributed by atoms with Crippen LogP contribution in [0.1, 0.15) is 181 Å². The number of nitrogens with two attached hydrogens (primary N) is 1. The minimum atomic E-state index is -0.322. The van der Waals surface area contributed by atoms with Crippen LogP contribution in [0.25, 0.3) is 0 Å². The van der Waals surface area contributed by atoms with E-state index in [2.05, 4.69) is 13.8 Å². The fourth-order valence-corrected chi connectivity index (χ4v) is 4.92. The molecule has 0 saturated heterocycles. The van der Waals surface area contributed by atoms with Gasteiger partial charge in [0.25, 0.3) is 0 Å². The van der Waals surface area contributed by atoms with Gasteiger partial charge in [-0.3, -0.25) is 0 Å². The first kappa shape index (κ1) is 31.9. The second kappa shape index (κ2) is 25.5.